The van der Waals surface area contributed by atoms with Crippen LogP contribution in [0.3, 0.4) is 0 Å². The van der Waals surface area contributed by atoms with Crippen molar-refractivity contribution in [3.8, 4) is 22.3 Å². The highest BCUT2D eigenvalue weighted by atomic mass is 14.2. The summed E-state index contributed by atoms with van der Waals surface area (Å²) in [6, 6.07) is 26.7. The van der Waals surface area contributed by atoms with Crippen LogP contribution in [0, 0.1) is 0 Å². The van der Waals surface area contributed by atoms with Gasteiger partial charge in [-0.1, -0.05) is 108 Å². The maximum absolute atomic E-state index is 2.32. The Hall–Kier alpha value is -2.34. The summed E-state index contributed by atoms with van der Waals surface area (Å²) in [5.41, 5.74) is 8.23. The predicted octanol–water partition coefficient (Wildman–Crippen LogP) is 7.62. The summed E-state index contributed by atoms with van der Waals surface area (Å²) in [6.45, 7) is 13.6. The van der Waals surface area contributed by atoms with Crippen molar-refractivity contribution in [3.05, 3.63) is 83.9 Å². The van der Waals surface area contributed by atoms with Gasteiger partial charge < -0.3 is 0 Å². The lowest BCUT2D eigenvalue weighted by atomic mass is 9.81. The summed E-state index contributed by atoms with van der Waals surface area (Å²) in [5, 5.41) is 0. The molecule has 0 unspecified atom stereocenters. The highest BCUT2D eigenvalue weighted by Gasteiger charge is 2.18. The van der Waals surface area contributed by atoms with E-state index < -0.39 is 0 Å². The minimum Gasteiger partial charge on any atom is -0.0619 e. The molecule has 0 bridgehead atoms. The fourth-order valence-electron chi connectivity index (χ4n) is 3.42. The quantitative estimate of drug-likeness (QED) is 0.449. The third kappa shape index (κ3) is 3.90. The molecule has 0 aliphatic carbocycles. The summed E-state index contributed by atoms with van der Waals surface area (Å²) in [4.78, 5) is 0. The van der Waals surface area contributed by atoms with Crippen molar-refractivity contribution in [2.45, 2.75) is 52.4 Å². The van der Waals surface area contributed by atoms with Crippen LogP contribution in [0.4, 0.5) is 0 Å². The molecule has 0 radical (unpaired) electrons. The Balaban J connectivity index is 2.03. The second-order valence-corrected chi connectivity index (χ2v) is 9.20. The van der Waals surface area contributed by atoms with Gasteiger partial charge in [-0.15, -0.1) is 0 Å². The molecule has 0 heteroatoms. The van der Waals surface area contributed by atoms with Crippen LogP contribution >= 0.6 is 0 Å². The minimum absolute atomic E-state index is 0.126. The zero-order valence-electron chi connectivity index (χ0n) is 16.9. The van der Waals surface area contributed by atoms with Crippen LogP contribution in [0.5, 0.6) is 0 Å². The standard InChI is InChI=1S/C26H30/c1-25(2,3)22-16-14-19(15-17-22)20-10-9-11-21(18-20)23-12-7-8-13-24(23)26(4,5)6/h7-18H,1-6H3. The molecule has 26 heavy (non-hydrogen) atoms. The second kappa shape index (κ2) is 6.76. The zero-order chi connectivity index (χ0) is 18.9. The molecule has 0 amide bonds. The van der Waals surface area contributed by atoms with Crippen LogP contribution in [0.15, 0.2) is 72.8 Å². The molecule has 3 rings (SSSR count). The molecule has 0 aliphatic rings. The summed E-state index contributed by atoms with van der Waals surface area (Å²) < 4.78 is 0. The maximum atomic E-state index is 2.32. The monoisotopic (exact) mass is 342 g/mol. The molecule has 0 saturated heterocycles. The van der Waals surface area contributed by atoms with E-state index in [-0.39, 0.29) is 10.8 Å². The number of hydrogen-bond donors (Lipinski definition) is 0. The van der Waals surface area contributed by atoms with E-state index in [1.165, 1.54) is 33.4 Å². The molecule has 0 fully saturated rings. The molecule has 134 valence electrons. The van der Waals surface area contributed by atoms with Gasteiger partial charge in [0.25, 0.3) is 0 Å². The van der Waals surface area contributed by atoms with Gasteiger partial charge in [0.2, 0.25) is 0 Å². The van der Waals surface area contributed by atoms with Gasteiger partial charge in [-0.3, -0.25) is 0 Å². The number of hydrogen-bond acceptors (Lipinski definition) is 0. The fraction of sp³-hybridized carbons (Fsp3) is 0.308. The normalized spacial score (nSPS) is 12.2. The molecular formula is C26H30. The van der Waals surface area contributed by atoms with E-state index in [9.17, 15) is 0 Å². The van der Waals surface area contributed by atoms with Gasteiger partial charge in [0.05, 0.1) is 0 Å². The Morgan fingerprint density at radius 1 is 0.500 bits per heavy atom. The molecule has 0 aliphatic heterocycles. The highest BCUT2D eigenvalue weighted by Crippen LogP contribution is 2.35. The zero-order valence-corrected chi connectivity index (χ0v) is 16.9. The second-order valence-electron chi connectivity index (χ2n) is 9.20. The first-order valence-electron chi connectivity index (χ1n) is 9.47. The van der Waals surface area contributed by atoms with Gasteiger partial charge in [-0.2, -0.15) is 0 Å². The van der Waals surface area contributed by atoms with E-state index in [0.717, 1.165) is 0 Å². The molecule has 0 heterocycles. The van der Waals surface area contributed by atoms with E-state index in [4.69, 9.17) is 0 Å². The molecule has 0 nitrogen and oxygen atoms in total. The predicted molar refractivity (Wildman–Crippen MR) is 115 cm³/mol. The van der Waals surface area contributed by atoms with Gasteiger partial charge in [-0.25, -0.2) is 0 Å². The van der Waals surface area contributed by atoms with E-state index in [0.29, 0.717) is 0 Å². The smallest absolute Gasteiger partial charge is 0.0126 e. The first-order valence-corrected chi connectivity index (χ1v) is 9.47. The van der Waals surface area contributed by atoms with Crippen LogP contribution < -0.4 is 0 Å². The molecule has 0 saturated carbocycles. The third-order valence-electron chi connectivity index (χ3n) is 4.99. The number of rotatable bonds is 2. The van der Waals surface area contributed by atoms with Gasteiger partial charge in [0.1, 0.15) is 0 Å². The van der Waals surface area contributed by atoms with E-state index in [1.807, 2.05) is 0 Å². The molecule has 0 spiro atoms. The maximum Gasteiger partial charge on any atom is -0.0126 e. The summed E-state index contributed by atoms with van der Waals surface area (Å²) in [5.74, 6) is 0. The van der Waals surface area contributed by atoms with E-state index in [2.05, 4.69) is 114 Å². The van der Waals surface area contributed by atoms with Crippen molar-refractivity contribution in [2.75, 3.05) is 0 Å². The van der Waals surface area contributed by atoms with Gasteiger partial charge in [0, 0.05) is 0 Å². The average molecular weight is 343 g/mol. The van der Waals surface area contributed by atoms with Crippen molar-refractivity contribution >= 4 is 0 Å². The average Bonchev–Trinajstić information content (AvgIpc) is 2.60. The first-order chi connectivity index (χ1) is 12.2. The van der Waals surface area contributed by atoms with Crippen molar-refractivity contribution in [3.63, 3.8) is 0 Å². The minimum atomic E-state index is 0.126. The lowest BCUT2D eigenvalue weighted by Crippen LogP contribution is -2.12. The Bertz CT molecular complexity index is 884. The molecule has 3 aromatic rings. The Morgan fingerprint density at radius 2 is 1.12 bits per heavy atom. The largest absolute Gasteiger partial charge is 0.0619 e. The van der Waals surface area contributed by atoms with E-state index in [1.54, 1.807) is 0 Å². The molecule has 0 aromatic heterocycles. The lowest BCUT2D eigenvalue weighted by molar-refractivity contribution is 0.590. The van der Waals surface area contributed by atoms with Gasteiger partial charge in [-0.05, 0) is 50.3 Å². The molecular weight excluding hydrogens is 312 g/mol. The van der Waals surface area contributed by atoms with Crippen molar-refractivity contribution in [2.24, 2.45) is 0 Å². The van der Waals surface area contributed by atoms with Crippen molar-refractivity contribution in [1.29, 1.82) is 0 Å². The molecule has 0 atom stereocenters. The van der Waals surface area contributed by atoms with Gasteiger partial charge in [0.15, 0.2) is 0 Å². The summed E-state index contributed by atoms with van der Waals surface area (Å²) in [7, 11) is 0. The van der Waals surface area contributed by atoms with Crippen LogP contribution in [-0.4, -0.2) is 0 Å². The topological polar surface area (TPSA) is 0 Å². The highest BCUT2D eigenvalue weighted by molar-refractivity contribution is 5.75. The summed E-state index contributed by atoms with van der Waals surface area (Å²) in [6.07, 6.45) is 0. The Labute approximate surface area is 158 Å². The van der Waals surface area contributed by atoms with Gasteiger partial charge >= 0.3 is 0 Å². The SMILES string of the molecule is CC(C)(C)c1ccc(-c2cccc(-c3ccccc3C(C)(C)C)c2)cc1. The lowest BCUT2D eigenvalue weighted by Gasteiger charge is -2.23. The van der Waals surface area contributed by atoms with E-state index >= 15 is 0 Å². The van der Waals surface area contributed by atoms with Crippen LogP contribution in [0.2, 0.25) is 0 Å². The fourth-order valence-corrected chi connectivity index (χ4v) is 3.42. The molecule has 3 aromatic carbocycles. The Kier molecular flexibility index (Phi) is 4.80. The van der Waals surface area contributed by atoms with Crippen LogP contribution in [-0.2, 0) is 10.8 Å². The van der Waals surface area contributed by atoms with Crippen molar-refractivity contribution in [1.82, 2.24) is 0 Å². The van der Waals surface area contributed by atoms with Crippen molar-refractivity contribution < 1.29 is 0 Å². The van der Waals surface area contributed by atoms with Crippen LogP contribution in [0.25, 0.3) is 22.3 Å². The molecule has 0 N–H and O–H groups in total. The summed E-state index contributed by atoms with van der Waals surface area (Å²) >= 11 is 0. The Morgan fingerprint density at radius 3 is 1.73 bits per heavy atom. The first kappa shape index (κ1) is 18.5. The van der Waals surface area contributed by atoms with Crippen LogP contribution in [0.1, 0.15) is 52.7 Å². The number of benzene rings is 3. The third-order valence-corrected chi connectivity index (χ3v) is 4.99.